The lowest BCUT2D eigenvalue weighted by Crippen LogP contribution is -2.20. The van der Waals surface area contributed by atoms with Crippen LogP contribution in [-0.4, -0.2) is 36.2 Å². The molecule has 1 aliphatic carbocycles. The molecule has 1 fully saturated rings. The fourth-order valence-electron chi connectivity index (χ4n) is 1.50. The summed E-state index contributed by atoms with van der Waals surface area (Å²) >= 11 is 0. The first-order chi connectivity index (χ1) is 7.54. The summed E-state index contributed by atoms with van der Waals surface area (Å²) in [6, 6.07) is 2.58. The van der Waals surface area contributed by atoms with Crippen molar-refractivity contribution in [1.29, 1.82) is 0 Å². The third-order valence-electron chi connectivity index (χ3n) is 2.63. The molecule has 2 rings (SSSR count). The molecule has 5 nitrogen and oxygen atoms in total. The molecule has 1 N–H and O–H groups in total. The molecule has 0 amide bonds. The van der Waals surface area contributed by atoms with Gasteiger partial charge < -0.3 is 5.32 Å². The maximum atomic E-state index is 11.1. The number of rotatable bonds is 6. The summed E-state index contributed by atoms with van der Waals surface area (Å²) < 4.78 is 23.9. The second kappa shape index (κ2) is 4.55. The van der Waals surface area contributed by atoms with Crippen LogP contribution in [0.25, 0.3) is 0 Å². The van der Waals surface area contributed by atoms with Crippen molar-refractivity contribution in [1.82, 2.24) is 15.1 Å². The Bertz CT molecular complexity index is 448. The van der Waals surface area contributed by atoms with Crippen LogP contribution in [0.3, 0.4) is 0 Å². The molecular weight excluding hydrogens is 226 g/mol. The summed E-state index contributed by atoms with van der Waals surface area (Å²) in [5, 5.41) is 7.52. The number of nitrogens with zero attached hydrogens (tertiary/aromatic N) is 2. The summed E-state index contributed by atoms with van der Waals surface area (Å²) in [4.78, 5) is 0. The topological polar surface area (TPSA) is 64.0 Å². The van der Waals surface area contributed by atoms with Crippen LogP contribution >= 0.6 is 0 Å². The van der Waals surface area contributed by atoms with E-state index in [4.69, 9.17) is 0 Å². The molecule has 1 aromatic rings. The van der Waals surface area contributed by atoms with Crippen LogP contribution in [0.4, 0.5) is 0 Å². The highest BCUT2D eigenvalue weighted by atomic mass is 32.2. The lowest BCUT2D eigenvalue weighted by molar-refractivity contribution is 0.563. The number of aryl methyl sites for hydroxylation is 1. The molecule has 0 aromatic carbocycles. The molecule has 0 bridgehead atoms. The van der Waals surface area contributed by atoms with E-state index < -0.39 is 9.84 Å². The van der Waals surface area contributed by atoms with Crippen LogP contribution in [0.2, 0.25) is 0 Å². The minimum absolute atomic E-state index is 0.144. The SMILES string of the molecule is CS(=O)(=O)CCn1nccc1CNC1CC1. The van der Waals surface area contributed by atoms with Crippen molar-refractivity contribution in [2.24, 2.45) is 0 Å². The third-order valence-corrected chi connectivity index (χ3v) is 3.55. The predicted molar refractivity (Wildman–Crippen MR) is 61.8 cm³/mol. The van der Waals surface area contributed by atoms with Gasteiger partial charge in [0.05, 0.1) is 18.0 Å². The van der Waals surface area contributed by atoms with Crippen molar-refractivity contribution in [3.8, 4) is 0 Å². The standard InChI is InChI=1S/C10H17N3O2S/c1-16(14,15)7-6-13-10(4-5-12-13)8-11-9-2-3-9/h4-5,9,11H,2-3,6-8H2,1H3. The number of aromatic nitrogens is 2. The molecule has 6 heteroatoms. The Balaban J connectivity index is 1.89. The minimum Gasteiger partial charge on any atom is -0.308 e. The van der Waals surface area contributed by atoms with Gasteiger partial charge in [-0.1, -0.05) is 0 Å². The molecule has 0 spiro atoms. The average Bonchev–Trinajstić information content (AvgIpc) is 2.90. The summed E-state index contributed by atoms with van der Waals surface area (Å²) in [6.07, 6.45) is 5.46. The van der Waals surface area contributed by atoms with E-state index in [1.165, 1.54) is 19.1 Å². The molecule has 0 saturated heterocycles. The van der Waals surface area contributed by atoms with Gasteiger partial charge in [-0.05, 0) is 18.9 Å². The zero-order valence-corrected chi connectivity index (χ0v) is 10.2. The first-order valence-electron chi connectivity index (χ1n) is 5.46. The fraction of sp³-hybridized carbons (Fsp3) is 0.700. The van der Waals surface area contributed by atoms with E-state index in [1.807, 2.05) is 6.07 Å². The van der Waals surface area contributed by atoms with E-state index in [1.54, 1.807) is 10.9 Å². The number of sulfone groups is 1. The molecule has 0 unspecified atom stereocenters. The van der Waals surface area contributed by atoms with Crippen molar-refractivity contribution in [3.63, 3.8) is 0 Å². The number of nitrogens with one attached hydrogen (secondary N) is 1. The second-order valence-electron chi connectivity index (χ2n) is 4.33. The van der Waals surface area contributed by atoms with E-state index in [0.29, 0.717) is 12.6 Å². The molecule has 0 atom stereocenters. The molecule has 1 aromatic heterocycles. The van der Waals surface area contributed by atoms with Gasteiger partial charge in [-0.3, -0.25) is 4.68 Å². The summed E-state index contributed by atoms with van der Waals surface area (Å²) in [6.45, 7) is 1.21. The highest BCUT2D eigenvalue weighted by Crippen LogP contribution is 2.19. The van der Waals surface area contributed by atoms with E-state index in [9.17, 15) is 8.42 Å². The first kappa shape index (κ1) is 11.6. The fourth-order valence-corrected chi connectivity index (χ4v) is 2.00. The third kappa shape index (κ3) is 3.61. The predicted octanol–water partition coefficient (Wildman–Crippen LogP) is 0.180. The van der Waals surface area contributed by atoms with E-state index in [2.05, 4.69) is 10.4 Å². The Kier molecular flexibility index (Phi) is 3.30. The zero-order valence-electron chi connectivity index (χ0n) is 9.39. The highest BCUT2D eigenvalue weighted by molar-refractivity contribution is 7.90. The Hall–Kier alpha value is -0.880. The van der Waals surface area contributed by atoms with Crippen molar-refractivity contribution in [3.05, 3.63) is 18.0 Å². The smallest absolute Gasteiger partial charge is 0.149 e. The summed E-state index contributed by atoms with van der Waals surface area (Å²) in [5.41, 5.74) is 1.05. The zero-order chi connectivity index (χ0) is 11.6. The second-order valence-corrected chi connectivity index (χ2v) is 6.59. The van der Waals surface area contributed by atoms with Crippen LogP contribution in [0.1, 0.15) is 18.5 Å². The van der Waals surface area contributed by atoms with E-state index in [0.717, 1.165) is 12.2 Å². The van der Waals surface area contributed by atoms with Crippen molar-refractivity contribution >= 4 is 9.84 Å². The summed E-state index contributed by atoms with van der Waals surface area (Å²) in [7, 11) is -2.92. The highest BCUT2D eigenvalue weighted by Gasteiger charge is 2.20. The molecule has 1 aliphatic rings. The van der Waals surface area contributed by atoms with E-state index >= 15 is 0 Å². The molecule has 1 heterocycles. The van der Waals surface area contributed by atoms with Crippen molar-refractivity contribution in [2.45, 2.75) is 32.0 Å². The maximum absolute atomic E-state index is 11.1. The Morgan fingerprint density at radius 3 is 2.94 bits per heavy atom. The van der Waals surface area contributed by atoms with Gasteiger partial charge in [0.15, 0.2) is 0 Å². The molecule has 1 saturated carbocycles. The minimum atomic E-state index is -2.92. The Morgan fingerprint density at radius 2 is 2.31 bits per heavy atom. The van der Waals surface area contributed by atoms with E-state index in [-0.39, 0.29) is 5.75 Å². The van der Waals surface area contributed by atoms with Crippen LogP contribution in [0, 0.1) is 0 Å². The van der Waals surface area contributed by atoms with Crippen molar-refractivity contribution < 1.29 is 8.42 Å². The quantitative estimate of drug-likeness (QED) is 0.774. The normalized spacial score (nSPS) is 16.6. The largest absolute Gasteiger partial charge is 0.308 e. The van der Waals surface area contributed by atoms with Gasteiger partial charge in [-0.15, -0.1) is 0 Å². The lowest BCUT2D eigenvalue weighted by Gasteiger charge is -2.07. The van der Waals surface area contributed by atoms with Crippen LogP contribution in [-0.2, 0) is 22.9 Å². The van der Waals surface area contributed by atoms with Gasteiger partial charge >= 0.3 is 0 Å². The molecular formula is C10H17N3O2S. The van der Waals surface area contributed by atoms with Gasteiger partial charge in [-0.2, -0.15) is 5.10 Å². The average molecular weight is 243 g/mol. The molecule has 16 heavy (non-hydrogen) atoms. The Labute approximate surface area is 95.8 Å². The Morgan fingerprint density at radius 1 is 1.56 bits per heavy atom. The maximum Gasteiger partial charge on any atom is 0.149 e. The lowest BCUT2D eigenvalue weighted by atomic mass is 10.4. The monoisotopic (exact) mass is 243 g/mol. The van der Waals surface area contributed by atoms with Crippen LogP contribution in [0.15, 0.2) is 12.3 Å². The van der Waals surface area contributed by atoms with Crippen LogP contribution < -0.4 is 5.32 Å². The van der Waals surface area contributed by atoms with Crippen molar-refractivity contribution in [2.75, 3.05) is 12.0 Å². The van der Waals surface area contributed by atoms with Gasteiger partial charge in [0.25, 0.3) is 0 Å². The van der Waals surface area contributed by atoms with Crippen LogP contribution in [0.5, 0.6) is 0 Å². The molecule has 90 valence electrons. The van der Waals surface area contributed by atoms with Gasteiger partial charge in [0.1, 0.15) is 9.84 Å². The number of hydrogen-bond donors (Lipinski definition) is 1. The molecule has 0 radical (unpaired) electrons. The van der Waals surface area contributed by atoms with Gasteiger partial charge in [0, 0.05) is 25.0 Å². The summed E-state index contributed by atoms with van der Waals surface area (Å²) in [5.74, 6) is 0.144. The van der Waals surface area contributed by atoms with Gasteiger partial charge in [0.2, 0.25) is 0 Å². The number of hydrogen-bond acceptors (Lipinski definition) is 4. The first-order valence-corrected chi connectivity index (χ1v) is 7.52. The van der Waals surface area contributed by atoms with Gasteiger partial charge in [-0.25, -0.2) is 8.42 Å². The molecule has 0 aliphatic heterocycles.